The lowest BCUT2D eigenvalue weighted by molar-refractivity contribution is -0.929. The third kappa shape index (κ3) is 67.9. The topological polar surface area (TPSA) is 17.1 Å². The Labute approximate surface area is 485 Å². The minimum Gasteiger partial charge on any atom is -0.324 e. The Morgan fingerprint density at radius 3 is 0.342 bits per heavy atom. The lowest BCUT2D eigenvalue weighted by Gasteiger charge is -2.40. The molecule has 0 aromatic rings. The maximum atomic E-state index is 8.81. The van der Waals surface area contributed by atoms with Crippen LogP contribution in [0, 0.1) is 0 Å². The summed E-state index contributed by atoms with van der Waals surface area (Å²) in [5.41, 5.74) is 0. The summed E-state index contributed by atoms with van der Waals surface area (Å²) in [5.74, 6) is 0. The molecule has 0 heterocycles. The van der Waals surface area contributed by atoms with Crippen molar-refractivity contribution in [1.29, 1.82) is 0 Å². The number of unbranched alkanes of at least 4 members (excludes halogenated alkanes) is 60. The van der Waals surface area contributed by atoms with E-state index in [1.807, 2.05) is 0 Å². The third-order valence-electron chi connectivity index (χ3n) is 17.9. The first-order chi connectivity index (χ1) is 37.7. The standard InChI is InChI=1S/C72H148N.C2H4O/c1-5-9-13-17-21-25-29-33-37-41-45-49-53-57-61-65-69-73(70-66-62-58-54-50-46-42-38-34-30-26-22-18-14-10-6-2,71-67-63-59-55-51-47-43-39-35-31-27-23-19-15-11-7-3)72-68-64-60-56-52-48-44-40-36-32-28-24-20-16-12-8-4;1-2-3/h5-72H2,1-4H3;2H,1H3/q+1;. The van der Waals surface area contributed by atoms with Crippen LogP contribution in [-0.2, 0) is 4.79 Å². The van der Waals surface area contributed by atoms with Gasteiger partial charge in [-0.15, -0.1) is 0 Å². The predicted molar refractivity (Wildman–Crippen MR) is 350 cm³/mol. The summed E-state index contributed by atoms with van der Waals surface area (Å²) in [4.78, 5) is 8.81. The maximum Gasteiger partial charge on any atom is 0.116 e. The van der Waals surface area contributed by atoms with Crippen LogP contribution in [0.5, 0.6) is 0 Å². The molecule has 0 unspecified atom stereocenters. The highest BCUT2D eigenvalue weighted by Crippen LogP contribution is 2.23. The Balaban J connectivity index is 0. The fraction of sp³-hybridized carbons (Fsp3) is 0.986. The highest BCUT2D eigenvalue weighted by Gasteiger charge is 2.26. The highest BCUT2D eigenvalue weighted by atomic mass is 16.1. The predicted octanol–water partition coefficient (Wildman–Crippen LogP) is 27.1. The van der Waals surface area contributed by atoms with Crippen molar-refractivity contribution in [2.45, 2.75) is 446 Å². The SMILES string of the molecule is CC=O.CCCCCCCCCCCCCCCCCC[N+](CCCCCCCCCCCCCCCCCC)(CCCCCCCCCCCCCCCCCC)CCCCCCCCCCCCCCCCCC. The van der Waals surface area contributed by atoms with Gasteiger partial charge in [0.2, 0.25) is 0 Å². The minimum atomic E-state index is 0.750. The van der Waals surface area contributed by atoms with Gasteiger partial charge in [0.05, 0.1) is 26.2 Å². The summed E-state index contributed by atoms with van der Waals surface area (Å²) in [6.45, 7) is 16.8. The van der Waals surface area contributed by atoms with Crippen LogP contribution in [0.3, 0.4) is 0 Å². The Kier molecular flexibility index (Phi) is 74.3. The maximum absolute atomic E-state index is 8.81. The van der Waals surface area contributed by atoms with Crippen LogP contribution in [0.1, 0.15) is 446 Å². The molecule has 0 atom stereocenters. The minimum absolute atomic E-state index is 0.750. The Morgan fingerprint density at radius 2 is 0.250 bits per heavy atom. The van der Waals surface area contributed by atoms with E-state index in [9.17, 15) is 0 Å². The zero-order valence-electron chi connectivity index (χ0n) is 54.5. The summed E-state index contributed by atoms with van der Waals surface area (Å²) >= 11 is 0. The van der Waals surface area contributed by atoms with E-state index in [1.54, 1.807) is 0 Å². The summed E-state index contributed by atoms with van der Waals surface area (Å²) in [7, 11) is 0. The normalized spacial score (nSPS) is 11.7. The molecule has 0 N–H and O–H groups in total. The molecule has 2 nitrogen and oxygen atoms in total. The van der Waals surface area contributed by atoms with Crippen LogP contribution in [0.4, 0.5) is 0 Å². The molecule has 0 aromatic carbocycles. The van der Waals surface area contributed by atoms with E-state index < -0.39 is 0 Å². The van der Waals surface area contributed by atoms with Gasteiger partial charge in [-0.25, -0.2) is 0 Å². The molecule has 0 amide bonds. The fourth-order valence-corrected chi connectivity index (χ4v) is 12.7. The lowest BCUT2D eigenvalue weighted by Crippen LogP contribution is -2.50. The van der Waals surface area contributed by atoms with E-state index in [4.69, 9.17) is 4.79 Å². The van der Waals surface area contributed by atoms with Crippen LogP contribution in [0.2, 0.25) is 0 Å². The van der Waals surface area contributed by atoms with Crippen molar-refractivity contribution in [2.75, 3.05) is 26.2 Å². The van der Waals surface area contributed by atoms with Gasteiger partial charge in [0.1, 0.15) is 6.29 Å². The van der Waals surface area contributed by atoms with Crippen molar-refractivity contribution in [3.63, 3.8) is 0 Å². The quantitative estimate of drug-likeness (QED) is 0.0337. The van der Waals surface area contributed by atoms with Crippen LogP contribution in [0.15, 0.2) is 0 Å². The summed E-state index contributed by atoms with van der Waals surface area (Å²) < 4.78 is 1.49. The molecule has 0 aromatic heterocycles. The van der Waals surface area contributed by atoms with Gasteiger partial charge in [0.15, 0.2) is 0 Å². The largest absolute Gasteiger partial charge is 0.324 e. The molecule has 0 aliphatic heterocycles. The number of carbonyl (C=O) groups is 1. The molecule has 0 saturated carbocycles. The number of carbonyl (C=O) groups excluding carboxylic acids is 1. The number of nitrogens with zero attached hydrogens (tertiary/aromatic N) is 1. The van der Waals surface area contributed by atoms with Crippen molar-refractivity contribution < 1.29 is 9.28 Å². The highest BCUT2D eigenvalue weighted by molar-refractivity contribution is 5.44. The first-order valence-electron chi connectivity index (χ1n) is 36.9. The molecule has 0 spiro atoms. The van der Waals surface area contributed by atoms with Gasteiger partial charge in [0.25, 0.3) is 0 Å². The Hall–Kier alpha value is -0.370. The van der Waals surface area contributed by atoms with E-state index in [-0.39, 0.29) is 0 Å². The number of hydrogen-bond acceptors (Lipinski definition) is 1. The van der Waals surface area contributed by atoms with Crippen LogP contribution < -0.4 is 0 Å². The molecular weight excluding hydrogens is 919 g/mol. The molecule has 0 aliphatic carbocycles. The summed E-state index contributed by atoms with van der Waals surface area (Å²) in [6, 6.07) is 0. The van der Waals surface area contributed by atoms with E-state index in [0.29, 0.717) is 0 Å². The molecule has 0 fully saturated rings. The van der Waals surface area contributed by atoms with Crippen LogP contribution in [0.25, 0.3) is 0 Å². The molecule has 458 valence electrons. The van der Waals surface area contributed by atoms with Gasteiger partial charge in [-0.05, 0) is 58.3 Å². The number of rotatable bonds is 68. The smallest absolute Gasteiger partial charge is 0.116 e. The molecule has 0 saturated heterocycles. The second-order valence-corrected chi connectivity index (χ2v) is 25.7. The van der Waals surface area contributed by atoms with Crippen molar-refractivity contribution >= 4 is 6.29 Å². The molecule has 0 bridgehead atoms. The first-order valence-corrected chi connectivity index (χ1v) is 36.9. The van der Waals surface area contributed by atoms with Gasteiger partial charge < -0.3 is 9.28 Å². The summed E-state index contributed by atoms with van der Waals surface area (Å²) in [5, 5.41) is 0. The monoisotopic (exact) mass is 1070 g/mol. The number of quaternary nitrogens is 1. The zero-order chi connectivity index (χ0) is 55.3. The molecular formula is C74H152NO+. The summed E-state index contributed by atoms with van der Waals surface area (Å²) in [6.07, 6.45) is 95.4. The fourth-order valence-electron chi connectivity index (χ4n) is 12.7. The van der Waals surface area contributed by atoms with Gasteiger partial charge in [-0.3, -0.25) is 0 Å². The second kappa shape index (κ2) is 72.6. The third-order valence-corrected chi connectivity index (χ3v) is 17.9. The lowest BCUT2D eigenvalue weighted by atomic mass is 10.0. The average molecular weight is 1070 g/mol. The second-order valence-electron chi connectivity index (χ2n) is 25.7. The van der Waals surface area contributed by atoms with E-state index in [2.05, 4.69) is 27.7 Å². The van der Waals surface area contributed by atoms with Crippen LogP contribution in [-0.4, -0.2) is 36.9 Å². The van der Waals surface area contributed by atoms with Crippen molar-refractivity contribution in [1.82, 2.24) is 0 Å². The van der Waals surface area contributed by atoms with Gasteiger partial charge in [-0.2, -0.15) is 0 Å². The van der Waals surface area contributed by atoms with E-state index in [1.165, 1.54) is 449 Å². The molecule has 0 aliphatic rings. The zero-order valence-corrected chi connectivity index (χ0v) is 54.5. The molecule has 2 heteroatoms. The molecule has 0 rings (SSSR count). The Morgan fingerprint density at radius 1 is 0.171 bits per heavy atom. The number of aldehydes is 1. The van der Waals surface area contributed by atoms with Crippen molar-refractivity contribution in [3.05, 3.63) is 0 Å². The van der Waals surface area contributed by atoms with Gasteiger partial charge in [0, 0.05) is 0 Å². The van der Waals surface area contributed by atoms with Crippen molar-refractivity contribution in [3.8, 4) is 0 Å². The molecule has 76 heavy (non-hydrogen) atoms. The first kappa shape index (κ1) is 77.7. The number of hydrogen-bond donors (Lipinski definition) is 0. The van der Waals surface area contributed by atoms with E-state index >= 15 is 0 Å². The average Bonchev–Trinajstić information content (AvgIpc) is 3.42. The molecule has 0 radical (unpaired) electrons. The Bertz CT molecular complexity index is 827. The van der Waals surface area contributed by atoms with Crippen molar-refractivity contribution in [2.24, 2.45) is 0 Å². The van der Waals surface area contributed by atoms with Gasteiger partial charge in [-0.1, -0.05) is 387 Å². The van der Waals surface area contributed by atoms with Crippen LogP contribution >= 0.6 is 0 Å². The van der Waals surface area contributed by atoms with E-state index in [0.717, 1.165) is 6.29 Å². The van der Waals surface area contributed by atoms with Gasteiger partial charge >= 0.3 is 0 Å².